The number of carbonyl (C=O) groups is 2. The van der Waals surface area contributed by atoms with Crippen LogP contribution in [0.25, 0.3) is 0 Å². The van der Waals surface area contributed by atoms with E-state index in [2.05, 4.69) is 5.32 Å². The molecular formula is C13H15ClN2O3. The highest BCUT2D eigenvalue weighted by Gasteiger charge is 2.28. The standard InChI is InChI=1S/C13H15ClN2O3/c14-10-4-2-8(13(18)19)6-11(10)16-12(17)7-1-3-9(15)5-7/h2,4,6-7,9H,1,3,5,15H2,(H,16,17)(H,18,19). The highest BCUT2D eigenvalue weighted by Crippen LogP contribution is 2.28. The van der Waals surface area contributed by atoms with Crippen molar-refractivity contribution in [1.82, 2.24) is 0 Å². The van der Waals surface area contributed by atoms with Crippen LogP contribution in [0, 0.1) is 5.92 Å². The molecule has 0 radical (unpaired) electrons. The van der Waals surface area contributed by atoms with Gasteiger partial charge in [-0.1, -0.05) is 11.6 Å². The molecule has 1 aliphatic rings. The lowest BCUT2D eigenvalue weighted by molar-refractivity contribution is -0.119. The van der Waals surface area contributed by atoms with Gasteiger partial charge in [-0.3, -0.25) is 4.79 Å². The fraction of sp³-hybridized carbons (Fsp3) is 0.385. The van der Waals surface area contributed by atoms with E-state index in [1.165, 1.54) is 18.2 Å². The lowest BCUT2D eigenvalue weighted by atomic mass is 10.1. The maximum Gasteiger partial charge on any atom is 0.335 e. The van der Waals surface area contributed by atoms with Gasteiger partial charge in [-0.15, -0.1) is 0 Å². The van der Waals surface area contributed by atoms with Crippen molar-refractivity contribution in [2.75, 3.05) is 5.32 Å². The summed E-state index contributed by atoms with van der Waals surface area (Å²) in [5, 5.41) is 11.9. The fourth-order valence-corrected chi connectivity index (χ4v) is 2.41. The van der Waals surface area contributed by atoms with Gasteiger partial charge in [0.2, 0.25) is 5.91 Å². The number of carboxylic acid groups (broad SMARTS) is 1. The van der Waals surface area contributed by atoms with E-state index in [-0.39, 0.29) is 23.4 Å². The third-order valence-electron chi connectivity index (χ3n) is 3.32. The fourth-order valence-electron chi connectivity index (χ4n) is 2.24. The molecule has 2 unspecified atom stereocenters. The number of carbonyl (C=O) groups excluding carboxylic acids is 1. The molecule has 2 atom stereocenters. The lowest BCUT2D eigenvalue weighted by Gasteiger charge is -2.12. The number of benzene rings is 1. The van der Waals surface area contributed by atoms with Gasteiger partial charge >= 0.3 is 5.97 Å². The minimum absolute atomic E-state index is 0.0663. The first kappa shape index (κ1) is 13.8. The third-order valence-corrected chi connectivity index (χ3v) is 3.64. The Labute approximate surface area is 115 Å². The Kier molecular flexibility index (Phi) is 4.07. The molecule has 102 valence electrons. The zero-order chi connectivity index (χ0) is 14.0. The molecule has 1 saturated carbocycles. The topological polar surface area (TPSA) is 92.4 Å². The van der Waals surface area contributed by atoms with E-state index in [1.54, 1.807) is 0 Å². The maximum atomic E-state index is 12.0. The summed E-state index contributed by atoms with van der Waals surface area (Å²) in [5.41, 5.74) is 6.18. The van der Waals surface area contributed by atoms with Crippen molar-refractivity contribution in [3.05, 3.63) is 28.8 Å². The quantitative estimate of drug-likeness (QED) is 0.791. The first-order valence-electron chi connectivity index (χ1n) is 6.06. The number of nitrogens with one attached hydrogen (secondary N) is 1. The molecule has 0 heterocycles. The Balaban J connectivity index is 2.12. The average molecular weight is 283 g/mol. The van der Waals surface area contributed by atoms with Crippen molar-refractivity contribution in [3.63, 3.8) is 0 Å². The normalized spacial score (nSPS) is 22.2. The largest absolute Gasteiger partial charge is 0.478 e. The smallest absolute Gasteiger partial charge is 0.335 e. The summed E-state index contributed by atoms with van der Waals surface area (Å²) in [6.45, 7) is 0. The van der Waals surface area contributed by atoms with Crippen LogP contribution >= 0.6 is 11.6 Å². The van der Waals surface area contributed by atoms with Crippen LogP contribution in [-0.2, 0) is 4.79 Å². The number of hydrogen-bond donors (Lipinski definition) is 3. The molecule has 0 bridgehead atoms. The molecule has 0 aromatic heterocycles. The Morgan fingerprint density at radius 3 is 2.68 bits per heavy atom. The van der Waals surface area contributed by atoms with Crippen LogP contribution in [0.5, 0.6) is 0 Å². The third kappa shape index (κ3) is 3.24. The van der Waals surface area contributed by atoms with Crippen molar-refractivity contribution in [1.29, 1.82) is 0 Å². The first-order chi connectivity index (χ1) is 8.97. The number of halogens is 1. The molecule has 1 aliphatic carbocycles. The van der Waals surface area contributed by atoms with Gasteiger partial charge in [0.15, 0.2) is 0 Å². The van der Waals surface area contributed by atoms with Gasteiger partial charge in [0, 0.05) is 12.0 Å². The summed E-state index contributed by atoms with van der Waals surface area (Å²) in [4.78, 5) is 22.9. The second-order valence-corrected chi connectivity index (χ2v) is 5.17. The van der Waals surface area contributed by atoms with Crippen LogP contribution in [0.1, 0.15) is 29.6 Å². The molecular weight excluding hydrogens is 268 g/mol. The van der Waals surface area contributed by atoms with Crippen LogP contribution in [0.3, 0.4) is 0 Å². The van der Waals surface area contributed by atoms with Crippen molar-refractivity contribution in [2.45, 2.75) is 25.3 Å². The first-order valence-corrected chi connectivity index (χ1v) is 6.44. The van der Waals surface area contributed by atoms with Gasteiger partial charge < -0.3 is 16.2 Å². The number of amides is 1. The summed E-state index contributed by atoms with van der Waals surface area (Å²) in [6.07, 6.45) is 2.24. The molecule has 1 aromatic carbocycles. The molecule has 19 heavy (non-hydrogen) atoms. The number of hydrogen-bond acceptors (Lipinski definition) is 3. The Morgan fingerprint density at radius 2 is 2.11 bits per heavy atom. The molecule has 0 aliphatic heterocycles. The molecule has 0 saturated heterocycles. The summed E-state index contributed by atoms with van der Waals surface area (Å²) < 4.78 is 0. The van der Waals surface area contributed by atoms with Crippen LogP contribution in [0.2, 0.25) is 5.02 Å². The predicted octanol–water partition coefficient (Wildman–Crippen LogP) is 2.10. The van der Waals surface area contributed by atoms with Gasteiger partial charge in [-0.05, 0) is 37.5 Å². The van der Waals surface area contributed by atoms with Crippen molar-refractivity contribution < 1.29 is 14.7 Å². The minimum atomic E-state index is -1.06. The van der Waals surface area contributed by atoms with E-state index in [0.29, 0.717) is 17.1 Å². The number of aromatic carboxylic acids is 1. The second kappa shape index (κ2) is 5.59. The number of rotatable bonds is 3. The summed E-state index contributed by atoms with van der Waals surface area (Å²) in [7, 11) is 0. The molecule has 1 fully saturated rings. The Hall–Kier alpha value is -1.59. The van der Waals surface area contributed by atoms with Crippen LogP contribution < -0.4 is 11.1 Å². The minimum Gasteiger partial charge on any atom is -0.478 e. The average Bonchev–Trinajstić information content (AvgIpc) is 2.78. The van der Waals surface area contributed by atoms with Crippen LogP contribution in [0.4, 0.5) is 5.69 Å². The highest BCUT2D eigenvalue weighted by atomic mass is 35.5. The zero-order valence-corrected chi connectivity index (χ0v) is 11.0. The van der Waals surface area contributed by atoms with Gasteiger partial charge in [-0.25, -0.2) is 4.79 Å². The van der Waals surface area contributed by atoms with E-state index in [9.17, 15) is 9.59 Å². The molecule has 6 heteroatoms. The van der Waals surface area contributed by atoms with E-state index in [4.69, 9.17) is 22.4 Å². The lowest BCUT2D eigenvalue weighted by Crippen LogP contribution is -2.23. The summed E-state index contributed by atoms with van der Waals surface area (Å²) >= 11 is 5.95. The predicted molar refractivity (Wildman–Crippen MR) is 72.4 cm³/mol. The van der Waals surface area contributed by atoms with Gasteiger partial charge in [0.25, 0.3) is 0 Å². The SMILES string of the molecule is NC1CCC(C(=O)Nc2cc(C(=O)O)ccc2Cl)C1. The Morgan fingerprint density at radius 1 is 1.37 bits per heavy atom. The molecule has 1 aromatic rings. The van der Waals surface area contributed by atoms with Gasteiger partial charge in [-0.2, -0.15) is 0 Å². The van der Waals surface area contributed by atoms with Crippen molar-refractivity contribution in [3.8, 4) is 0 Å². The number of nitrogens with two attached hydrogens (primary N) is 1. The molecule has 4 N–H and O–H groups in total. The van der Waals surface area contributed by atoms with E-state index in [1.807, 2.05) is 0 Å². The molecule has 5 nitrogen and oxygen atoms in total. The van der Waals surface area contributed by atoms with Gasteiger partial charge in [0.1, 0.15) is 0 Å². The molecule has 2 rings (SSSR count). The second-order valence-electron chi connectivity index (χ2n) is 4.76. The van der Waals surface area contributed by atoms with E-state index >= 15 is 0 Å². The highest BCUT2D eigenvalue weighted by molar-refractivity contribution is 6.33. The Bertz CT molecular complexity index is 519. The molecule has 0 spiro atoms. The maximum absolute atomic E-state index is 12.0. The van der Waals surface area contributed by atoms with Crippen LogP contribution in [-0.4, -0.2) is 23.0 Å². The monoisotopic (exact) mass is 282 g/mol. The number of carboxylic acids is 1. The summed E-state index contributed by atoms with van der Waals surface area (Å²) in [6, 6.07) is 4.28. The zero-order valence-electron chi connectivity index (χ0n) is 10.2. The summed E-state index contributed by atoms with van der Waals surface area (Å²) in [5.74, 6) is -1.34. The van der Waals surface area contributed by atoms with Crippen LogP contribution in [0.15, 0.2) is 18.2 Å². The van der Waals surface area contributed by atoms with Crippen molar-refractivity contribution >= 4 is 29.2 Å². The van der Waals surface area contributed by atoms with E-state index < -0.39 is 5.97 Å². The van der Waals surface area contributed by atoms with Gasteiger partial charge in [0.05, 0.1) is 16.3 Å². The molecule has 1 amide bonds. The number of anilines is 1. The van der Waals surface area contributed by atoms with E-state index in [0.717, 1.165) is 12.8 Å². The van der Waals surface area contributed by atoms with Crippen molar-refractivity contribution in [2.24, 2.45) is 11.7 Å².